The van der Waals surface area contributed by atoms with Gasteiger partial charge >= 0.3 is 18.0 Å². The van der Waals surface area contributed by atoms with E-state index in [1.54, 1.807) is 32.0 Å². The van der Waals surface area contributed by atoms with Gasteiger partial charge in [0.15, 0.2) is 18.1 Å². The number of urea groups is 1. The van der Waals surface area contributed by atoms with Gasteiger partial charge in [-0.1, -0.05) is 6.07 Å². The predicted molar refractivity (Wildman–Crippen MR) is 100.0 cm³/mol. The lowest BCUT2D eigenvalue weighted by Gasteiger charge is -2.12. The van der Waals surface area contributed by atoms with Gasteiger partial charge < -0.3 is 24.3 Å². The Morgan fingerprint density at radius 1 is 1.07 bits per heavy atom. The fourth-order valence-corrected chi connectivity index (χ4v) is 2.42. The van der Waals surface area contributed by atoms with Crippen molar-refractivity contribution in [1.82, 2.24) is 10.2 Å². The second kappa shape index (κ2) is 10.1. The lowest BCUT2D eigenvalue weighted by atomic mass is 10.1. The summed E-state index contributed by atoms with van der Waals surface area (Å²) in [4.78, 5) is 47.8. The van der Waals surface area contributed by atoms with E-state index in [4.69, 9.17) is 14.2 Å². The van der Waals surface area contributed by atoms with Crippen LogP contribution in [0, 0.1) is 0 Å². The zero-order valence-corrected chi connectivity index (χ0v) is 16.4. The van der Waals surface area contributed by atoms with Crippen LogP contribution in [-0.4, -0.2) is 62.3 Å². The molecule has 1 saturated heterocycles. The zero-order valence-electron chi connectivity index (χ0n) is 16.4. The Kier molecular flexibility index (Phi) is 7.58. The standard InChI is InChI=1S/C19H22N2O8/c1-4-27-15-9-12(6-7-14(15)29-11-17(23)28-5-2)8-13-18(24)21(19(25)20-13)10-16(22)26-3/h6-9H,4-5,10-11H2,1-3H3,(H,20,25)/b13-8+. The Hall–Kier alpha value is -3.56. The predicted octanol–water partition coefficient (Wildman–Crippen LogP) is 1.09. The zero-order chi connectivity index (χ0) is 21.4. The Morgan fingerprint density at radius 3 is 2.48 bits per heavy atom. The van der Waals surface area contributed by atoms with Crippen molar-refractivity contribution in [3.05, 3.63) is 29.5 Å². The van der Waals surface area contributed by atoms with Gasteiger partial charge in [-0.3, -0.25) is 9.59 Å². The number of imide groups is 1. The second-order valence-corrected chi connectivity index (χ2v) is 5.69. The van der Waals surface area contributed by atoms with Crippen LogP contribution in [0.2, 0.25) is 0 Å². The minimum absolute atomic E-state index is 0.00143. The SMILES string of the molecule is CCOC(=O)COc1ccc(/C=C2/NC(=O)N(CC(=O)OC)C2=O)cc1OCC. The van der Waals surface area contributed by atoms with Crippen LogP contribution >= 0.6 is 0 Å². The van der Waals surface area contributed by atoms with Gasteiger partial charge in [-0.05, 0) is 37.6 Å². The second-order valence-electron chi connectivity index (χ2n) is 5.69. The molecule has 0 bridgehead atoms. The Bertz CT molecular complexity index is 833. The molecule has 2 rings (SSSR count). The fourth-order valence-electron chi connectivity index (χ4n) is 2.42. The summed E-state index contributed by atoms with van der Waals surface area (Å²) in [5.74, 6) is -1.19. The first kappa shape index (κ1) is 21.7. The number of rotatable bonds is 9. The van der Waals surface area contributed by atoms with Gasteiger partial charge in [0.05, 0.1) is 20.3 Å². The summed E-state index contributed by atoms with van der Waals surface area (Å²) in [5, 5.41) is 2.41. The molecule has 0 saturated carbocycles. The molecule has 1 aliphatic heterocycles. The van der Waals surface area contributed by atoms with E-state index in [0.29, 0.717) is 23.7 Å². The Balaban J connectivity index is 2.19. The lowest BCUT2D eigenvalue weighted by molar-refractivity contribution is -0.145. The highest BCUT2D eigenvalue weighted by Crippen LogP contribution is 2.29. The van der Waals surface area contributed by atoms with Crippen LogP contribution in [0.15, 0.2) is 23.9 Å². The van der Waals surface area contributed by atoms with E-state index in [1.807, 2.05) is 0 Å². The molecule has 10 heteroatoms. The molecule has 1 aromatic carbocycles. The smallest absolute Gasteiger partial charge is 0.344 e. The largest absolute Gasteiger partial charge is 0.490 e. The summed E-state index contributed by atoms with van der Waals surface area (Å²) in [6, 6.07) is 4.08. The van der Waals surface area contributed by atoms with E-state index in [9.17, 15) is 19.2 Å². The number of nitrogens with zero attached hydrogens (tertiary/aromatic N) is 1. The highest BCUT2D eigenvalue weighted by Gasteiger charge is 2.35. The molecule has 0 spiro atoms. The van der Waals surface area contributed by atoms with Crippen molar-refractivity contribution < 1.29 is 38.1 Å². The normalized spacial score (nSPS) is 14.6. The monoisotopic (exact) mass is 406 g/mol. The van der Waals surface area contributed by atoms with Crippen molar-refractivity contribution in [2.24, 2.45) is 0 Å². The van der Waals surface area contributed by atoms with Crippen molar-refractivity contribution >= 4 is 30.0 Å². The first-order valence-corrected chi connectivity index (χ1v) is 8.86. The molecule has 1 aliphatic rings. The number of benzene rings is 1. The summed E-state index contributed by atoms with van der Waals surface area (Å²) in [6.07, 6.45) is 1.44. The van der Waals surface area contributed by atoms with Crippen LogP contribution in [0.5, 0.6) is 11.5 Å². The number of hydrogen-bond acceptors (Lipinski definition) is 8. The highest BCUT2D eigenvalue weighted by molar-refractivity contribution is 6.15. The minimum atomic E-state index is -0.717. The summed E-state index contributed by atoms with van der Waals surface area (Å²) in [7, 11) is 1.17. The van der Waals surface area contributed by atoms with Gasteiger partial charge in [-0.25, -0.2) is 14.5 Å². The quantitative estimate of drug-likeness (QED) is 0.368. The molecule has 1 fully saturated rings. The van der Waals surface area contributed by atoms with Gasteiger partial charge in [-0.2, -0.15) is 0 Å². The molecule has 0 aliphatic carbocycles. The van der Waals surface area contributed by atoms with Crippen molar-refractivity contribution in [2.75, 3.05) is 33.5 Å². The molecule has 1 heterocycles. The molecule has 0 aromatic heterocycles. The average Bonchev–Trinajstić information content (AvgIpc) is 2.95. The summed E-state index contributed by atoms with van der Waals surface area (Å²) < 4.78 is 20.2. The maximum Gasteiger partial charge on any atom is 0.344 e. The average molecular weight is 406 g/mol. The van der Waals surface area contributed by atoms with E-state index < -0.39 is 30.4 Å². The van der Waals surface area contributed by atoms with Crippen molar-refractivity contribution in [3.8, 4) is 11.5 Å². The Labute approximate surface area is 167 Å². The molecule has 10 nitrogen and oxygen atoms in total. The molecule has 156 valence electrons. The van der Waals surface area contributed by atoms with E-state index in [1.165, 1.54) is 13.2 Å². The number of carbonyl (C=O) groups is 4. The van der Waals surface area contributed by atoms with Gasteiger partial charge in [-0.15, -0.1) is 0 Å². The molecule has 29 heavy (non-hydrogen) atoms. The van der Waals surface area contributed by atoms with Crippen LogP contribution in [-0.2, 0) is 23.9 Å². The van der Waals surface area contributed by atoms with Crippen LogP contribution in [0.4, 0.5) is 4.79 Å². The number of carbonyl (C=O) groups excluding carboxylic acids is 4. The van der Waals surface area contributed by atoms with Crippen molar-refractivity contribution in [1.29, 1.82) is 0 Å². The molecule has 3 amide bonds. The third-order valence-corrected chi connectivity index (χ3v) is 3.71. The van der Waals surface area contributed by atoms with Gasteiger partial charge in [0.25, 0.3) is 5.91 Å². The molecule has 0 unspecified atom stereocenters. The molecular weight excluding hydrogens is 384 g/mol. The summed E-state index contributed by atoms with van der Waals surface area (Å²) >= 11 is 0. The first-order chi connectivity index (χ1) is 13.9. The van der Waals surface area contributed by atoms with E-state index >= 15 is 0 Å². The molecule has 0 atom stereocenters. The van der Waals surface area contributed by atoms with Crippen molar-refractivity contribution in [2.45, 2.75) is 13.8 Å². The maximum atomic E-state index is 12.3. The lowest BCUT2D eigenvalue weighted by Crippen LogP contribution is -2.36. The first-order valence-electron chi connectivity index (χ1n) is 8.86. The van der Waals surface area contributed by atoms with Crippen LogP contribution in [0.3, 0.4) is 0 Å². The number of hydrogen-bond donors (Lipinski definition) is 1. The summed E-state index contributed by atoms with van der Waals surface area (Å²) in [6.45, 7) is 3.32. The number of esters is 2. The summed E-state index contributed by atoms with van der Waals surface area (Å²) in [5.41, 5.74) is 0.544. The van der Waals surface area contributed by atoms with Gasteiger partial charge in [0.2, 0.25) is 0 Å². The molecule has 1 aromatic rings. The van der Waals surface area contributed by atoms with E-state index in [-0.39, 0.29) is 18.9 Å². The van der Waals surface area contributed by atoms with Crippen LogP contribution in [0.1, 0.15) is 19.4 Å². The fraction of sp³-hybridized carbons (Fsp3) is 0.368. The van der Waals surface area contributed by atoms with Gasteiger partial charge in [0.1, 0.15) is 12.2 Å². The van der Waals surface area contributed by atoms with Crippen LogP contribution in [0.25, 0.3) is 6.08 Å². The molecule has 0 radical (unpaired) electrons. The molecular formula is C19H22N2O8. The number of nitrogens with one attached hydrogen (secondary N) is 1. The van der Waals surface area contributed by atoms with E-state index in [0.717, 1.165) is 4.90 Å². The topological polar surface area (TPSA) is 120 Å². The Morgan fingerprint density at radius 2 is 1.83 bits per heavy atom. The van der Waals surface area contributed by atoms with E-state index in [2.05, 4.69) is 10.1 Å². The highest BCUT2D eigenvalue weighted by atomic mass is 16.6. The third kappa shape index (κ3) is 5.71. The number of ether oxygens (including phenoxy) is 4. The molecule has 1 N–H and O–H groups in total. The number of amides is 3. The van der Waals surface area contributed by atoms with Crippen LogP contribution < -0.4 is 14.8 Å². The van der Waals surface area contributed by atoms with Crippen molar-refractivity contribution in [3.63, 3.8) is 0 Å². The third-order valence-electron chi connectivity index (χ3n) is 3.71. The number of methoxy groups -OCH3 is 1. The van der Waals surface area contributed by atoms with Gasteiger partial charge in [0, 0.05) is 0 Å². The maximum absolute atomic E-state index is 12.3. The minimum Gasteiger partial charge on any atom is -0.490 e.